The molecule has 0 aromatic heterocycles. The average Bonchev–Trinajstić information content (AvgIpc) is 3.60. The normalized spacial score (nSPS) is 24.4. The summed E-state index contributed by atoms with van der Waals surface area (Å²) in [6.45, 7) is 7.86. The largest absolute Gasteiger partial charge is 0.471 e. The summed E-state index contributed by atoms with van der Waals surface area (Å²) in [5.74, 6) is -4.60. The minimum atomic E-state index is -5.53. The van der Waals surface area contributed by atoms with Gasteiger partial charge >= 0.3 is 33.6 Å². The third-order valence-corrected chi connectivity index (χ3v) is 16.0. The van der Waals surface area contributed by atoms with Crippen LogP contribution in [0.5, 0.6) is 0 Å². The standard InChI is InChI=1S/C57H107NO22P2/c1-6-10-14-18-20-21-23-27-31-35-48(63)74-44(34-30-26-22-19-15-11-7-2)38-47(62)58-51-55(78-50(65)37-43(61)33-29-25-17-13-9-4)54(79-81(67,68)69)45(39-59)75-57(51)73-40-46-52(66)53(41(5)56(76-46)80-82(70,71)72)77-49(64)36-42(60)32-28-24-16-12-8-3/h41-46,51-57,59-61,66H,6-40H2,1-5H3,(H,58,62)(H2,67,68,69)(H2,70,71,72)/t41?,42-,43-,44-,45?,46?,51?,52?,53?,54?,55?,56?,57?/m1/s1. The first-order valence-electron chi connectivity index (χ1n) is 31.0. The number of esters is 3. The van der Waals surface area contributed by atoms with Crippen LogP contribution in [-0.4, -0.2) is 151 Å². The fourth-order valence-corrected chi connectivity index (χ4v) is 11.4. The van der Waals surface area contributed by atoms with E-state index in [1.54, 1.807) is 0 Å². The Labute approximate surface area is 488 Å². The number of nitrogens with one attached hydrogen (secondary N) is 1. The number of hydrogen-bond donors (Lipinski definition) is 9. The van der Waals surface area contributed by atoms with Gasteiger partial charge in [-0.2, -0.15) is 0 Å². The summed E-state index contributed by atoms with van der Waals surface area (Å²) < 4.78 is 70.3. The molecule has 2 aliphatic rings. The monoisotopic (exact) mass is 1220 g/mol. The number of unbranched alkanes of at least 4 members (excludes halogenated alkanes) is 22. The van der Waals surface area contributed by atoms with Crippen molar-refractivity contribution in [1.82, 2.24) is 5.32 Å². The van der Waals surface area contributed by atoms with E-state index in [0.717, 1.165) is 122 Å². The molecule has 25 heteroatoms. The van der Waals surface area contributed by atoms with E-state index in [0.29, 0.717) is 38.5 Å². The Morgan fingerprint density at radius 2 is 0.951 bits per heavy atom. The van der Waals surface area contributed by atoms with Crippen molar-refractivity contribution in [3.8, 4) is 0 Å². The molecule has 0 saturated carbocycles. The van der Waals surface area contributed by atoms with Crippen molar-refractivity contribution in [3.05, 3.63) is 0 Å². The molecule has 0 aromatic carbocycles. The Balaban J connectivity index is 2.56. The molecule has 1 amide bonds. The highest BCUT2D eigenvalue weighted by Gasteiger charge is 2.54. The van der Waals surface area contributed by atoms with E-state index < -0.39 is 151 Å². The Kier molecular flexibility index (Phi) is 40.2. The van der Waals surface area contributed by atoms with Gasteiger partial charge < -0.3 is 73.7 Å². The maximum Gasteiger partial charge on any atom is 0.471 e. The van der Waals surface area contributed by atoms with Crippen LogP contribution in [0.2, 0.25) is 0 Å². The van der Waals surface area contributed by atoms with Gasteiger partial charge in [0.25, 0.3) is 0 Å². The molecule has 0 spiro atoms. The van der Waals surface area contributed by atoms with Crippen molar-refractivity contribution in [2.45, 2.75) is 320 Å². The van der Waals surface area contributed by atoms with Gasteiger partial charge in [-0.3, -0.25) is 28.2 Å². The van der Waals surface area contributed by atoms with E-state index in [4.69, 9.17) is 37.5 Å². The van der Waals surface area contributed by atoms with Crippen molar-refractivity contribution >= 4 is 39.5 Å². The second-order valence-corrected chi connectivity index (χ2v) is 24.9. The Bertz CT molecular complexity index is 1820. The zero-order valence-corrected chi connectivity index (χ0v) is 51.7. The lowest BCUT2D eigenvalue weighted by Gasteiger charge is -2.46. The highest BCUT2D eigenvalue weighted by atomic mass is 31.2. The molecule has 2 heterocycles. The van der Waals surface area contributed by atoms with Crippen molar-refractivity contribution in [1.29, 1.82) is 0 Å². The van der Waals surface area contributed by atoms with Gasteiger partial charge in [-0.05, 0) is 32.1 Å². The van der Waals surface area contributed by atoms with Crippen LogP contribution >= 0.6 is 15.6 Å². The number of carbonyl (C=O) groups is 4. The molecule has 23 nitrogen and oxygen atoms in total. The highest BCUT2D eigenvalue weighted by molar-refractivity contribution is 7.46. The van der Waals surface area contributed by atoms with E-state index in [-0.39, 0.29) is 12.8 Å². The third kappa shape index (κ3) is 33.7. The maximum atomic E-state index is 14.5. The summed E-state index contributed by atoms with van der Waals surface area (Å²) in [6, 6.07) is -1.79. The number of carbonyl (C=O) groups excluding carboxylic acids is 4. The van der Waals surface area contributed by atoms with Gasteiger partial charge in [0, 0.05) is 12.3 Å². The minimum absolute atomic E-state index is 0.124. The van der Waals surface area contributed by atoms with Crippen molar-refractivity contribution in [2.75, 3.05) is 13.2 Å². The molecule has 9 N–H and O–H groups in total. The number of aliphatic hydroxyl groups excluding tert-OH is 4. The molecule has 13 atom stereocenters. The Hall–Kier alpha value is -2.18. The van der Waals surface area contributed by atoms with Crippen LogP contribution in [0.1, 0.15) is 247 Å². The first kappa shape index (κ1) is 75.9. The fourth-order valence-electron chi connectivity index (χ4n) is 10.4. The van der Waals surface area contributed by atoms with Gasteiger partial charge in [0.1, 0.15) is 42.7 Å². The van der Waals surface area contributed by atoms with Crippen LogP contribution in [0.25, 0.3) is 0 Å². The van der Waals surface area contributed by atoms with Gasteiger partial charge in [0.2, 0.25) is 5.91 Å². The summed E-state index contributed by atoms with van der Waals surface area (Å²) in [4.78, 5) is 94.9. The number of rotatable bonds is 48. The van der Waals surface area contributed by atoms with Crippen LogP contribution < -0.4 is 5.32 Å². The number of aliphatic hydroxyl groups is 4. The molecular weight excluding hydrogens is 1110 g/mol. The molecular formula is C57H107NO22P2. The van der Waals surface area contributed by atoms with Crippen LogP contribution in [0.4, 0.5) is 0 Å². The lowest BCUT2D eigenvalue weighted by atomic mass is 9.92. The predicted molar refractivity (Wildman–Crippen MR) is 304 cm³/mol. The smallest absolute Gasteiger partial charge is 0.462 e. The van der Waals surface area contributed by atoms with E-state index >= 15 is 0 Å². The van der Waals surface area contributed by atoms with Crippen LogP contribution in [-0.2, 0) is 65.8 Å². The van der Waals surface area contributed by atoms with Gasteiger partial charge in [0.05, 0.1) is 44.7 Å². The number of ether oxygens (including phenoxy) is 6. The molecule has 10 unspecified atom stereocenters. The third-order valence-electron chi connectivity index (χ3n) is 15.0. The second kappa shape index (κ2) is 43.4. The summed E-state index contributed by atoms with van der Waals surface area (Å²) >= 11 is 0. The Morgan fingerprint density at radius 1 is 0.524 bits per heavy atom. The fraction of sp³-hybridized carbons (Fsp3) is 0.930. The lowest BCUT2D eigenvalue weighted by Crippen LogP contribution is -2.67. The summed E-state index contributed by atoms with van der Waals surface area (Å²) in [5.41, 5.74) is 0. The molecule has 2 aliphatic heterocycles. The Morgan fingerprint density at radius 3 is 1.41 bits per heavy atom. The van der Waals surface area contributed by atoms with E-state index in [1.807, 2.05) is 0 Å². The molecule has 82 heavy (non-hydrogen) atoms. The predicted octanol–water partition coefficient (Wildman–Crippen LogP) is 8.92. The van der Waals surface area contributed by atoms with Gasteiger partial charge in [-0.15, -0.1) is 0 Å². The van der Waals surface area contributed by atoms with Gasteiger partial charge in [-0.1, -0.05) is 189 Å². The molecule has 0 aliphatic carbocycles. The van der Waals surface area contributed by atoms with Gasteiger partial charge in [-0.25, -0.2) is 9.13 Å². The molecule has 0 aromatic rings. The topological polar surface area (TPSA) is 350 Å². The van der Waals surface area contributed by atoms with Crippen molar-refractivity contribution < 1.29 is 106 Å². The first-order chi connectivity index (χ1) is 39.1. The van der Waals surface area contributed by atoms with Crippen LogP contribution in [0.15, 0.2) is 0 Å². The molecule has 2 fully saturated rings. The lowest BCUT2D eigenvalue weighted by molar-refractivity contribution is -0.301. The van der Waals surface area contributed by atoms with Crippen LogP contribution in [0, 0.1) is 5.92 Å². The second-order valence-electron chi connectivity index (χ2n) is 22.5. The molecule has 2 rings (SSSR count). The molecule has 2 saturated heterocycles. The zero-order chi connectivity index (χ0) is 60.9. The SMILES string of the molecule is CCCCCCCCCCCC(=O)O[C@H](CCCCCCCCC)CC(=O)NC1C(OCC2OC(OP(=O)(O)O)C(C)C(OC(=O)C[C@H](O)CCCCCCC)C2O)OC(CO)C(OP(=O)(O)O)C1OC(=O)C[C@H](O)CCCCCCC. The quantitative estimate of drug-likeness (QED) is 0.0119. The number of phosphoric acid groups is 2. The van der Waals surface area contributed by atoms with Crippen molar-refractivity contribution in [3.63, 3.8) is 0 Å². The molecule has 482 valence electrons. The average molecular weight is 1220 g/mol. The zero-order valence-electron chi connectivity index (χ0n) is 49.9. The van der Waals surface area contributed by atoms with Crippen LogP contribution in [0.3, 0.4) is 0 Å². The summed E-state index contributed by atoms with van der Waals surface area (Å²) in [7, 11) is -10.9. The highest BCUT2D eigenvalue weighted by Crippen LogP contribution is 2.44. The number of phosphoric ester groups is 2. The van der Waals surface area contributed by atoms with E-state index in [9.17, 15) is 68.3 Å². The summed E-state index contributed by atoms with van der Waals surface area (Å²) in [5, 5.41) is 46.6. The van der Waals surface area contributed by atoms with Gasteiger partial charge in [0.15, 0.2) is 18.7 Å². The summed E-state index contributed by atoms with van der Waals surface area (Å²) in [6.07, 6.45) is 6.20. The van der Waals surface area contributed by atoms with Crippen molar-refractivity contribution in [2.24, 2.45) is 5.92 Å². The first-order valence-corrected chi connectivity index (χ1v) is 34.0. The number of amides is 1. The van der Waals surface area contributed by atoms with E-state index in [2.05, 4.69) is 33.0 Å². The molecule has 0 radical (unpaired) electrons. The number of hydrogen-bond acceptors (Lipinski definition) is 18. The maximum absolute atomic E-state index is 14.5. The molecule has 0 bridgehead atoms. The van der Waals surface area contributed by atoms with E-state index in [1.165, 1.54) is 26.2 Å². The minimum Gasteiger partial charge on any atom is -0.462 e.